The summed E-state index contributed by atoms with van der Waals surface area (Å²) >= 11 is 11.9. The molecule has 0 radical (unpaired) electrons. The molecule has 5 rings (SSSR count). The van der Waals surface area contributed by atoms with E-state index >= 15 is 0 Å². The van der Waals surface area contributed by atoms with E-state index in [1.54, 1.807) is 18.2 Å². The molecule has 2 N–H and O–H groups in total. The van der Waals surface area contributed by atoms with E-state index < -0.39 is 5.60 Å². The molecule has 4 bridgehead atoms. The van der Waals surface area contributed by atoms with Gasteiger partial charge in [-0.2, -0.15) is 0 Å². The first-order chi connectivity index (χ1) is 12.3. The number of hydrogen-bond acceptors (Lipinski definition) is 3. The molecule has 2 unspecified atom stereocenters. The fourth-order valence-electron chi connectivity index (χ4n) is 5.73. The number of nitrogens with one attached hydrogen (secondary N) is 1. The van der Waals surface area contributed by atoms with Gasteiger partial charge in [0.25, 0.3) is 0 Å². The first-order valence-electron chi connectivity index (χ1n) is 9.46. The van der Waals surface area contributed by atoms with Gasteiger partial charge >= 0.3 is 0 Å². The second kappa shape index (κ2) is 6.88. The molecule has 1 aromatic carbocycles. The summed E-state index contributed by atoms with van der Waals surface area (Å²) in [5.41, 5.74) is -0.734. The lowest BCUT2D eigenvalue weighted by atomic mass is 9.51. The third-order valence-corrected chi connectivity index (χ3v) is 6.66. The zero-order valence-corrected chi connectivity index (χ0v) is 16.3. The highest BCUT2D eigenvalue weighted by Crippen LogP contribution is 2.57. The summed E-state index contributed by atoms with van der Waals surface area (Å²) in [6, 6.07) is 5.11. The van der Waals surface area contributed by atoms with Crippen LogP contribution in [0.15, 0.2) is 18.2 Å². The van der Waals surface area contributed by atoms with Gasteiger partial charge in [-0.25, -0.2) is 0 Å². The van der Waals surface area contributed by atoms with Crippen LogP contribution < -0.4 is 10.1 Å². The fourth-order valence-corrected chi connectivity index (χ4v) is 6.19. The summed E-state index contributed by atoms with van der Waals surface area (Å²) in [6.07, 6.45) is 6.85. The van der Waals surface area contributed by atoms with Gasteiger partial charge in [0, 0.05) is 17.0 Å². The molecule has 0 spiro atoms. The molecule has 0 aromatic heterocycles. The third kappa shape index (κ3) is 3.83. The molecule has 0 aliphatic heterocycles. The number of ether oxygens (including phenoxy) is 1. The molecular weight excluding hydrogens is 373 g/mol. The van der Waals surface area contributed by atoms with E-state index in [0.29, 0.717) is 47.1 Å². The Bertz CT molecular complexity index is 694. The Balaban J connectivity index is 1.26. The van der Waals surface area contributed by atoms with Crippen LogP contribution in [0.3, 0.4) is 0 Å². The van der Waals surface area contributed by atoms with Gasteiger partial charge in [0.1, 0.15) is 5.75 Å². The standard InChI is InChI=1S/C20H25Cl2NO3/c21-15-3-4-17(16(22)7-15)26-5-1-2-18(24)23-19-8-13-6-14(9-19)11-20(25,10-13)12-19/h3-4,7,13-14,25H,1-2,5-6,8-12H2,(H,23,24)/t13-,14+,19?,20?. The average Bonchev–Trinajstić information content (AvgIpc) is 2.50. The molecule has 0 heterocycles. The van der Waals surface area contributed by atoms with Gasteiger partial charge in [0.05, 0.1) is 17.2 Å². The minimum Gasteiger partial charge on any atom is -0.492 e. The summed E-state index contributed by atoms with van der Waals surface area (Å²) in [5, 5.41) is 15.1. The zero-order valence-electron chi connectivity index (χ0n) is 14.8. The monoisotopic (exact) mass is 397 g/mol. The van der Waals surface area contributed by atoms with E-state index in [4.69, 9.17) is 27.9 Å². The SMILES string of the molecule is O=C(CCCOc1ccc(Cl)cc1Cl)NC12C[C@@H]3C[C@@H](CC(O)(C3)C1)C2. The van der Waals surface area contributed by atoms with Crippen molar-refractivity contribution >= 4 is 29.1 Å². The first-order valence-corrected chi connectivity index (χ1v) is 10.2. The molecule has 6 heteroatoms. The Morgan fingerprint density at radius 3 is 2.62 bits per heavy atom. The lowest BCUT2D eigenvalue weighted by Crippen LogP contribution is -2.65. The number of carbonyl (C=O) groups excluding carboxylic acids is 1. The molecule has 142 valence electrons. The minimum absolute atomic E-state index is 0.0568. The number of rotatable bonds is 6. The minimum atomic E-state index is -0.550. The molecule has 26 heavy (non-hydrogen) atoms. The summed E-state index contributed by atoms with van der Waals surface area (Å²) in [5.74, 6) is 1.77. The number of carbonyl (C=O) groups is 1. The van der Waals surface area contributed by atoms with E-state index in [-0.39, 0.29) is 11.4 Å². The maximum atomic E-state index is 12.5. The maximum Gasteiger partial charge on any atom is 0.220 e. The topological polar surface area (TPSA) is 58.6 Å². The van der Waals surface area contributed by atoms with Crippen LogP contribution in [-0.2, 0) is 4.79 Å². The second-order valence-corrected chi connectivity index (χ2v) is 9.38. The Hall–Kier alpha value is -0.970. The van der Waals surface area contributed by atoms with Crippen molar-refractivity contribution in [1.29, 1.82) is 0 Å². The molecule has 4 fully saturated rings. The summed E-state index contributed by atoms with van der Waals surface area (Å²) < 4.78 is 5.64. The molecule has 1 amide bonds. The van der Waals surface area contributed by atoms with Crippen molar-refractivity contribution in [1.82, 2.24) is 5.32 Å². The lowest BCUT2D eigenvalue weighted by molar-refractivity contribution is -0.151. The lowest BCUT2D eigenvalue weighted by Gasteiger charge is -2.60. The van der Waals surface area contributed by atoms with Gasteiger partial charge < -0.3 is 15.2 Å². The number of hydrogen-bond donors (Lipinski definition) is 2. The van der Waals surface area contributed by atoms with Crippen LogP contribution in [0.4, 0.5) is 0 Å². The Morgan fingerprint density at radius 1 is 1.23 bits per heavy atom. The van der Waals surface area contributed by atoms with Crippen LogP contribution in [0, 0.1) is 11.8 Å². The highest BCUT2D eigenvalue weighted by Gasteiger charge is 2.57. The van der Waals surface area contributed by atoms with E-state index in [9.17, 15) is 9.90 Å². The smallest absolute Gasteiger partial charge is 0.220 e. The normalized spacial score (nSPS) is 34.7. The average molecular weight is 398 g/mol. The summed E-state index contributed by atoms with van der Waals surface area (Å²) in [4.78, 5) is 12.5. The van der Waals surface area contributed by atoms with Crippen molar-refractivity contribution < 1.29 is 14.6 Å². The molecule has 4 nitrogen and oxygen atoms in total. The van der Waals surface area contributed by atoms with Crippen LogP contribution in [0.5, 0.6) is 5.75 Å². The molecule has 1 aromatic rings. The molecule has 4 aliphatic rings. The van der Waals surface area contributed by atoms with E-state index in [2.05, 4.69) is 5.32 Å². The quantitative estimate of drug-likeness (QED) is 0.701. The van der Waals surface area contributed by atoms with Gasteiger partial charge in [-0.3, -0.25) is 4.79 Å². The predicted octanol–water partition coefficient (Wildman–Crippen LogP) is 4.35. The highest BCUT2D eigenvalue weighted by atomic mass is 35.5. The molecule has 4 aliphatic carbocycles. The van der Waals surface area contributed by atoms with E-state index in [1.807, 2.05) is 0 Å². The Morgan fingerprint density at radius 2 is 1.96 bits per heavy atom. The fraction of sp³-hybridized carbons (Fsp3) is 0.650. The summed E-state index contributed by atoms with van der Waals surface area (Å²) in [6.45, 7) is 0.428. The molecule has 4 saturated carbocycles. The maximum absolute atomic E-state index is 12.5. The number of benzene rings is 1. The zero-order chi connectivity index (χ0) is 18.4. The number of amides is 1. The first kappa shape index (κ1) is 18.4. The Kier molecular flexibility index (Phi) is 4.87. The van der Waals surface area contributed by atoms with Crippen LogP contribution in [0.1, 0.15) is 51.4 Å². The van der Waals surface area contributed by atoms with E-state index in [1.165, 1.54) is 6.42 Å². The van der Waals surface area contributed by atoms with Crippen molar-refractivity contribution in [2.24, 2.45) is 11.8 Å². The van der Waals surface area contributed by atoms with Crippen molar-refractivity contribution in [2.45, 2.75) is 62.5 Å². The third-order valence-electron chi connectivity index (χ3n) is 6.13. The Labute approximate surface area is 164 Å². The predicted molar refractivity (Wildman–Crippen MR) is 102 cm³/mol. The van der Waals surface area contributed by atoms with Crippen molar-refractivity contribution in [3.05, 3.63) is 28.2 Å². The van der Waals surface area contributed by atoms with E-state index in [0.717, 1.165) is 32.1 Å². The van der Waals surface area contributed by atoms with Crippen LogP contribution in [0.2, 0.25) is 10.0 Å². The largest absolute Gasteiger partial charge is 0.492 e. The van der Waals surface area contributed by atoms with Crippen molar-refractivity contribution in [3.63, 3.8) is 0 Å². The molecular formula is C20H25Cl2NO3. The van der Waals surface area contributed by atoms with Gasteiger partial charge in [-0.05, 0) is 75.0 Å². The van der Waals surface area contributed by atoms with Crippen LogP contribution in [0.25, 0.3) is 0 Å². The van der Waals surface area contributed by atoms with Gasteiger partial charge in [0.2, 0.25) is 5.91 Å². The van der Waals surface area contributed by atoms with Gasteiger partial charge in [-0.15, -0.1) is 0 Å². The molecule has 4 atom stereocenters. The van der Waals surface area contributed by atoms with Crippen molar-refractivity contribution in [3.8, 4) is 5.75 Å². The van der Waals surface area contributed by atoms with Crippen LogP contribution >= 0.6 is 23.2 Å². The summed E-state index contributed by atoms with van der Waals surface area (Å²) in [7, 11) is 0. The number of halogens is 2. The van der Waals surface area contributed by atoms with Crippen molar-refractivity contribution in [2.75, 3.05) is 6.61 Å². The van der Waals surface area contributed by atoms with Crippen LogP contribution in [-0.4, -0.2) is 28.8 Å². The van der Waals surface area contributed by atoms with Gasteiger partial charge in [0.15, 0.2) is 0 Å². The number of aliphatic hydroxyl groups is 1. The highest BCUT2D eigenvalue weighted by molar-refractivity contribution is 6.35. The molecule has 0 saturated heterocycles. The van der Waals surface area contributed by atoms with Gasteiger partial charge in [-0.1, -0.05) is 23.2 Å². The second-order valence-electron chi connectivity index (χ2n) is 8.54.